The van der Waals surface area contributed by atoms with Crippen LogP contribution in [0.5, 0.6) is 0 Å². The van der Waals surface area contributed by atoms with E-state index < -0.39 is 97.5 Å². The molecule has 626 valence electrons. The molecule has 0 heterocycles. The first kappa shape index (κ1) is 104. The average molecular weight is 1550 g/mol. The number of allylic oxidation sites excluding steroid dienone is 4. The van der Waals surface area contributed by atoms with Crippen molar-refractivity contribution in [2.45, 2.75) is 458 Å². The zero-order valence-electron chi connectivity index (χ0n) is 69.2. The molecule has 0 spiro atoms. The average Bonchev–Trinajstić information content (AvgIpc) is 0.896. The van der Waals surface area contributed by atoms with Gasteiger partial charge in [0.25, 0.3) is 0 Å². The van der Waals surface area contributed by atoms with Crippen LogP contribution in [0, 0.1) is 11.8 Å². The first-order valence-corrected chi connectivity index (χ1v) is 47.3. The molecule has 0 aromatic heterocycles. The number of hydrogen-bond acceptors (Lipinski definition) is 15. The smallest absolute Gasteiger partial charge is 0.462 e. The molecule has 19 heteroatoms. The number of aliphatic hydroxyl groups excluding tert-OH is 1. The van der Waals surface area contributed by atoms with Crippen LogP contribution in [0.4, 0.5) is 0 Å². The number of unbranched alkanes of at least 4 members (excludes halogenated alkanes) is 51. The van der Waals surface area contributed by atoms with Crippen LogP contribution in [0.2, 0.25) is 0 Å². The number of phosphoric ester groups is 2. The van der Waals surface area contributed by atoms with Crippen molar-refractivity contribution in [1.29, 1.82) is 0 Å². The highest BCUT2D eigenvalue weighted by Crippen LogP contribution is 2.45. The lowest BCUT2D eigenvalue weighted by atomic mass is 10.0. The van der Waals surface area contributed by atoms with Gasteiger partial charge in [0.1, 0.15) is 19.3 Å². The van der Waals surface area contributed by atoms with Crippen LogP contribution in [0.25, 0.3) is 0 Å². The van der Waals surface area contributed by atoms with Crippen molar-refractivity contribution >= 4 is 39.5 Å². The number of carbonyl (C=O) groups is 4. The lowest BCUT2D eigenvalue weighted by Gasteiger charge is -2.21. The molecule has 3 N–H and O–H groups in total. The van der Waals surface area contributed by atoms with Gasteiger partial charge < -0.3 is 33.8 Å². The van der Waals surface area contributed by atoms with E-state index in [9.17, 15) is 43.2 Å². The second-order valence-electron chi connectivity index (χ2n) is 31.5. The van der Waals surface area contributed by atoms with Crippen molar-refractivity contribution in [3.63, 3.8) is 0 Å². The number of esters is 4. The molecule has 106 heavy (non-hydrogen) atoms. The van der Waals surface area contributed by atoms with Crippen LogP contribution in [0.3, 0.4) is 0 Å². The number of rotatable bonds is 84. The Labute approximate surface area is 650 Å². The monoisotopic (exact) mass is 1550 g/mol. The predicted octanol–water partition coefficient (Wildman–Crippen LogP) is 26.2. The van der Waals surface area contributed by atoms with Gasteiger partial charge in [0.2, 0.25) is 0 Å². The summed E-state index contributed by atoms with van der Waals surface area (Å²) >= 11 is 0. The number of aliphatic hydroxyl groups is 1. The summed E-state index contributed by atoms with van der Waals surface area (Å²) in [5, 5.41) is 10.7. The second kappa shape index (κ2) is 77.8. The summed E-state index contributed by atoms with van der Waals surface area (Å²) in [5.41, 5.74) is 0. The Balaban J connectivity index is 5.26. The van der Waals surface area contributed by atoms with Gasteiger partial charge in [-0.3, -0.25) is 37.3 Å². The maximum Gasteiger partial charge on any atom is 0.472 e. The van der Waals surface area contributed by atoms with Crippen molar-refractivity contribution in [3.8, 4) is 0 Å². The minimum absolute atomic E-state index is 0.0856. The molecule has 0 aromatic rings. The Bertz CT molecular complexity index is 2120. The quantitative estimate of drug-likeness (QED) is 0.0169. The van der Waals surface area contributed by atoms with Crippen molar-refractivity contribution < 1.29 is 80.2 Å². The van der Waals surface area contributed by atoms with Crippen molar-refractivity contribution in [3.05, 3.63) is 24.3 Å². The third-order valence-corrected chi connectivity index (χ3v) is 21.7. The summed E-state index contributed by atoms with van der Waals surface area (Å²) in [4.78, 5) is 73.2. The summed E-state index contributed by atoms with van der Waals surface area (Å²) in [7, 11) is -9.94. The third kappa shape index (κ3) is 79.6. The molecule has 0 saturated carbocycles. The van der Waals surface area contributed by atoms with Gasteiger partial charge in [0.15, 0.2) is 12.2 Å². The molecular formula is C87H166O17P2. The van der Waals surface area contributed by atoms with Crippen LogP contribution in [-0.2, 0) is 65.4 Å². The van der Waals surface area contributed by atoms with Crippen LogP contribution in [0.15, 0.2) is 24.3 Å². The second-order valence-corrected chi connectivity index (χ2v) is 34.5. The number of phosphoric acid groups is 2. The van der Waals surface area contributed by atoms with Crippen LogP contribution < -0.4 is 0 Å². The molecular weight excluding hydrogens is 1380 g/mol. The van der Waals surface area contributed by atoms with Gasteiger partial charge in [-0.1, -0.05) is 387 Å². The van der Waals surface area contributed by atoms with E-state index in [0.717, 1.165) is 115 Å². The van der Waals surface area contributed by atoms with E-state index in [2.05, 4.69) is 65.8 Å². The van der Waals surface area contributed by atoms with Crippen molar-refractivity contribution in [2.75, 3.05) is 39.6 Å². The van der Waals surface area contributed by atoms with Gasteiger partial charge in [-0.15, -0.1) is 0 Å². The molecule has 2 unspecified atom stereocenters. The van der Waals surface area contributed by atoms with Gasteiger partial charge in [-0.2, -0.15) is 0 Å². The summed E-state index contributed by atoms with van der Waals surface area (Å²) in [6, 6.07) is 0. The van der Waals surface area contributed by atoms with E-state index in [1.165, 1.54) is 244 Å². The van der Waals surface area contributed by atoms with E-state index in [0.29, 0.717) is 25.7 Å². The fourth-order valence-corrected chi connectivity index (χ4v) is 14.6. The largest absolute Gasteiger partial charge is 0.472 e. The topological polar surface area (TPSA) is 237 Å². The van der Waals surface area contributed by atoms with E-state index in [4.69, 9.17) is 37.0 Å². The number of ether oxygens (including phenoxy) is 4. The molecule has 0 bridgehead atoms. The molecule has 0 aromatic carbocycles. The minimum Gasteiger partial charge on any atom is -0.462 e. The maximum atomic E-state index is 13.2. The van der Waals surface area contributed by atoms with E-state index in [-0.39, 0.29) is 25.7 Å². The summed E-state index contributed by atoms with van der Waals surface area (Å²) in [5.74, 6) is -0.500. The molecule has 5 atom stereocenters. The van der Waals surface area contributed by atoms with Gasteiger partial charge in [0.05, 0.1) is 26.4 Å². The fourth-order valence-electron chi connectivity index (χ4n) is 13.1. The molecule has 0 rings (SSSR count). The standard InChI is InChI=1S/C87H166O17P2/c1-7-9-11-13-15-17-19-20-27-35-41-47-53-59-65-71-86(91)103-82(75-97-84(89)69-63-57-51-45-37-18-16-14-12-10-8-2)77-101-105(93,94)99-73-81(88)74-100-106(95,96)102-78-83(76-98-85(90)70-64-58-52-46-40-34-30-26-25-29-33-39-44-50-56-62-68-80(5)6)104-87(92)72-66-60-54-48-42-36-31-24-22-21-23-28-32-38-43-49-55-61-67-79(3)4/h17,19-20,27,79-83,88H,7-16,18,21-26,28-78H2,1-6H3,(H,93,94)(H,95,96)/b19-17-,27-20-/t81-,82+,83+/m0/s1. The van der Waals surface area contributed by atoms with E-state index in [1.807, 2.05) is 0 Å². The molecule has 0 aliphatic carbocycles. The predicted molar refractivity (Wildman–Crippen MR) is 437 cm³/mol. The SMILES string of the molecule is CCCCCC/C=C\C=C/CCCCCCCC(=O)O[C@H](COC(=O)CCCCCCCCCCCCC)COP(=O)(O)OC[C@H](O)COP(=O)(O)OC[C@@H](COC(=O)CCCCCCCCCCCCCCCCCCC(C)C)OC(=O)CCCCCCCCCCCCCCCCCCCCC(C)C. The minimum atomic E-state index is -4.97. The zero-order valence-corrected chi connectivity index (χ0v) is 71.0. The third-order valence-electron chi connectivity index (χ3n) is 19.8. The Kier molecular flexibility index (Phi) is 76.0. The zero-order chi connectivity index (χ0) is 77.8. The van der Waals surface area contributed by atoms with Crippen LogP contribution in [-0.4, -0.2) is 96.7 Å². The normalized spacial score (nSPS) is 14.0. The Morgan fingerprint density at radius 1 is 0.292 bits per heavy atom. The molecule has 0 saturated heterocycles. The van der Waals surface area contributed by atoms with Gasteiger partial charge >= 0.3 is 39.5 Å². The highest BCUT2D eigenvalue weighted by Gasteiger charge is 2.30. The lowest BCUT2D eigenvalue weighted by molar-refractivity contribution is -0.161. The Hall–Kier alpha value is -2.46. The van der Waals surface area contributed by atoms with Gasteiger partial charge in [-0.25, -0.2) is 9.13 Å². The van der Waals surface area contributed by atoms with Crippen LogP contribution >= 0.6 is 15.6 Å². The van der Waals surface area contributed by atoms with Gasteiger partial charge in [-0.05, 0) is 63.2 Å². The molecule has 0 aliphatic rings. The lowest BCUT2D eigenvalue weighted by Crippen LogP contribution is -2.30. The highest BCUT2D eigenvalue weighted by atomic mass is 31.2. The molecule has 0 aliphatic heterocycles. The van der Waals surface area contributed by atoms with Crippen LogP contribution in [0.1, 0.15) is 440 Å². The molecule has 0 amide bonds. The van der Waals surface area contributed by atoms with E-state index >= 15 is 0 Å². The van der Waals surface area contributed by atoms with Gasteiger partial charge in [0, 0.05) is 25.7 Å². The molecule has 0 radical (unpaired) electrons. The summed E-state index contributed by atoms with van der Waals surface area (Å²) < 4.78 is 68.9. The van der Waals surface area contributed by atoms with E-state index in [1.54, 1.807) is 0 Å². The Morgan fingerprint density at radius 2 is 0.509 bits per heavy atom. The first-order valence-electron chi connectivity index (χ1n) is 44.3. The summed E-state index contributed by atoms with van der Waals surface area (Å²) in [6.07, 6.45) is 73.0. The first-order chi connectivity index (χ1) is 51.4. The van der Waals surface area contributed by atoms with Crippen molar-refractivity contribution in [1.82, 2.24) is 0 Å². The molecule has 0 fully saturated rings. The highest BCUT2D eigenvalue weighted by molar-refractivity contribution is 7.47. The fraction of sp³-hybridized carbons (Fsp3) is 0.908. The number of carbonyl (C=O) groups excluding carboxylic acids is 4. The maximum absolute atomic E-state index is 13.2. The summed E-state index contributed by atoms with van der Waals surface area (Å²) in [6.45, 7) is 9.67. The van der Waals surface area contributed by atoms with Crippen molar-refractivity contribution in [2.24, 2.45) is 11.8 Å². The molecule has 17 nitrogen and oxygen atoms in total. The number of hydrogen-bond donors (Lipinski definition) is 3. The Morgan fingerprint density at radius 3 is 0.774 bits per heavy atom.